The van der Waals surface area contributed by atoms with Crippen molar-refractivity contribution in [1.29, 1.82) is 0 Å². The first-order chi connectivity index (χ1) is 10.2. The van der Waals surface area contributed by atoms with Gasteiger partial charge in [-0.1, -0.05) is 26.2 Å². The molecule has 4 nitrogen and oxygen atoms in total. The van der Waals surface area contributed by atoms with Crippen LogP contribution in [0, 0.1) is 5.82 Å². The predicted octanol–water partition coefficient (Wildman–Crippen LogP) is 3.24. The summed E-state index contributed by atoms with van der Waals surface area (Å²) in [4.78, 5) is 10.4. The summed E-state index contributed by atoms with van der Waals surface area (Å²) in [6.45, 7) is 3.69. The Bertz CT molecular complexity index is 432. The van der Waals surface area contributed by atoms with E-state index in [-0.39, 0.29) is 5.82 Å². The molecule has 1 aromatic rings. The highest BCUT2D eigenvalue weighted by molar-refractivity contribution is 5.37. The zero-order valence-electron chi connectivity index (χ0n) is 13.2. The zero-order valence-corrected chi connectivity index (χ0v) is 13.2. The SMILES string of the molecule is CCc1ncnc(NCCCN(C)C2CCCCC2)c1F. The Labute approximate surface area is 127 Å². The van der Waals surface area contributed by atoms with E-state index in [0.717, 1.165) is 25.6 Å². The Morgan fingerprint density at radius 2 is 2.05 bits per heavy atom. The van der Waals surface area contributed by atoms with Gasteiger partial charge >= 0.3 is 0 Å². The second kappa shape index (κ2) is 8.27. The van der Waals surface area contributed by atoms with Gasteiger partial charge in [0, 0.05) is 12.6 Å². The van der Waals surface area contributed by atoms with Gasteiger partial charge in [0.05, 0.1) is 5.69 Å². The lowest BCUT2D eigenvalue weighted by molar-refractivity contribution is 0.191. The maximum Gasteiger partial charge on any atom is 0.186 e. The third-order valence-corrected chi connectivity index (χ3v) is 4.37. The number of rotatable bonds is 7. The summed E-state index contributed by atoms with van der Waals surface area (Å²) in [7, 11) is 2.20. The number of aromatic nitrogens is 2. The van der Waals surface area contributed by atoms with Crippen LogP contribution in [0.5, 0.6) is 0 Å². The summed E-state index contributed by atoms with van der Waals surface area (Å²) in [5, 5.41) is 3.09. The number of nitrogens with one attached hydrogen (secondary N) is 1. The summed E-state index contributed by atoms with van der Waals surface area (Å²) in [6, 6.07) is 0.737. The molecule has 1 fully saturated rings. The number of hydrogen-bond acceptors (Lipinski definition) is 4. The molecule has 1 aliphatic carbocycles. The van der Waals surface area contributed by atoms with Crippen LogP contribution < -0.4 is 5.32 Å². The van der Waals surface area contributed by atoms with Gasteiger partial charge in [0.2, 0.25) is 0 Å². The van der Waals surface area contributed by atoms with E-state index < -0.39 is 0 Å². The highest BCUT2D eigenvalue weighted by Gasteiger charge is 2.17. The molecule has 0 spiro atoms. The van der Waals surface area contributed by atoms with Gasteiger partial charge < -0.3 is 10.2 Å². The van der Waals surface area contributed by atoms with Gasteiger partial charge in [-0.15, -0.1) is 0 Å². The molecular formula is C16H27FN4. The molecule has 0 saturated heterocycles. The molecule has 0 bridgehead atoms. The van der Waals surface area contributed by atoms with Crippen LogP contribution in [0.15, 0.2) is 6.33 Å². The smallest absolute Gasteiger partial charge is 0.186 e. The predicted molar refractivity (Wildman–Crippen MR) is 84.0 cm³/mol. The van der Waals surface area contributed by atoms with Crippen LogP contribution >= 0.6 is 0 Å². The van der Waals surface area contributed by atoms with Crippen LogP contribution in [0.4, 0.5) is 10.2 Å². The van der Waals surface area contributed by atoms with Crippen LogP contribution in [0.3, 0.4) is 0 Å². The molecule has 1 aromatic heterocycles. The summed E-state index contributed by atoms with van der Waals surface area (Å²) in [5.41, 5.74) is 0.479. The van der Waals surface area contributed by atoms with E-state index in [1.165, 1.54) is 38.4 Å². The summed E-state index contributed by atoms with van der Waals surface area (Å²) < 4.78 is 14.0. The van der Waals surface area contributed by atoms with E-state index in [0.29, 0.717) is 17.9 Å². The van der Waals surface area contributed by atoms with Gasteiger partial charge in [0.15, 0.2) is 11.6 Å². The van der Waals surface area contributed by atoms with Gasteiger partial charge in [0.1, 0.15) is 6.33 Å². The number of hydrogen-bond donors (Lipinski definition) is 1. The quantitative estimate of drug-likeness (QED) is 0.784. The Kier molecular flexibility index (Phi) is 6.36. The first kappa shape index (κ1) is 16.1. The second-order valence-electron chi connectivity index (χ2n) is 5.89. The molecule has 0 unspecified atom stereocenters. The maximum absolute atomic E-state index is 14.0. The van der Waals surface area contributed by atoms with E-state index in [4.69, 9.17) is 0 Å². The third kappa shape index (κ3) is 4.63. The molecule has 0 atom stereocenters. The Hall–Kier alpha value is -1.23. The molecular weight excluding hydrogens is 267 g/mol. The first-order valence-corrected chi connectivity index (χ1v) is 8.15. The average molecular weight is 294 g/mol. The van der Waals surface area contributed by atoms with Crippen LogP contribution in [0.2, 0.25) is 0 Å². The van der Waals surface area contributed by atoms with Crippen molar-refractivity contribution in [2.24, 2.45) is 0 Å². The molecule has 1 heterocycles. The molecule has 0 amide bonds. The van der Waals surface area contributed by atoms with Crippen molar-refractivity contribution in [2.75, 3.05) is 25.5 Å². The highest BCUT2D eigenvalue weighted by atomic mass is 19.1. The monoisotopic (exact) mass is 294 g/mol. The minimum atomic E-state index is -0.305. The van der Waals surface area contributed by atoms with Crippen molar-refractivity contribution in [1.82, 2.24) is 14.9 Å². The average Bonchev–Trinajstić information content (AvgIpc) is 2.53. The fraction of sp³-hybridized carbons (Fsp3) is 0.750. The number of anilines is 1. The number of halogens is 1. The molecule has 1 aliphatic rings. The molecule has 1 N–H and O–H groups in total. The van der Waals surface area contributed by atoms with Crippen LogP contribution in [0.25, 0.3) is 0 Å². The lowest BCUT2D eigenvalue weighted by Crippen LogP contribution is -2.34. The van der Waals surface area contributed by atoms with Crippen LogP contribution in [-0.4, -0.2) is 41.0 Å². The topological polar surface area (TPSA) is 41.1 Å². The lowest BCUT2D eigenvalue weighted by atomic mass is 9.94. The third-order valence-electron chi connectivity index (χ3n) is 4.37. The van der Waals surface area contributed by atoms with Crippen molar-refractivity contribution in [3.63, 3.8) is 0 Å². The van der Waals surface area contributed by atoms with E-state index >= 15 is 0 Å². The molecule has 5 heteroatoms. The summed E-state index contributed by atoms with van der Waals surface area (Å²) >= 11 is 0. The number of nitrogens with zero attached hydrogens (tertiary/aromatic N) is 3. The highest BCUT2D eigenvalue weighted by Crippen LogP contribution is 2.21. The molecule has 1 saturated carbocycles. The van der Waals surface area contributed by atoms with Gasteiger partial charge in [-0.25, -0.2) is 14.4 Å². The molecule has 2 rings (SSSR count). The van der Waals surface area contributed by atoms with E-state index in [2.05, 4.69) is 27.2 Å². The van der Waals surface area contributed by atoms with Crippen LogP contribution in [-0.2, 0) is 6.42 Å². The van der Waals surface area contributed by atoms with E-state index in [1.807, 2.05) is 6.92 Å². The maximum atomic E-state index is 14.0. The van der Waals surface area contributed by atoms with Crippen molar-refractivity contribution in [2.45, 2.75) is 57.9 Å². The lowest BCUT2D eigenvalue weighted by Gasteiger charge is -2.31. The van der Waals surface area contributed by atoms with Gasteiger partial charge in [-0.2, -0.15) is 0 Å². The van der Waals surface area contributed by atoms with Gasteiger partial charge in [0.25, 0.3) is 0 Å². The van der Waals surface area contributed by atoms with Crippen molar-refractivity contribution < 1.29 is 4.39 Å². The van der Waals surface area contributed by atoms with E-state index in [1.54, 1.807) is 0 Å². The minimum absolute atomic E-state index is 0.305. The number of aryl methyl sites for hydroxylation is 1. The van der Waals surface area contributed by atoms with Crippen molar-refractivity contribution in [3.8, 4) is 0 Å². The standard InChI is InChI=1S/C16H27FN4/c1-3-14-15(17)16(20-12-19-14)18-10-7-11-21(2)13-8-5-4-6-9-13/h12-13H,3-11H2,1-2H3,(H,18,19,20). The second-order valence-corrected chi connectivity index (χ2v) is 5.89. The van der Waals surface area contributed by atoms with Crippen molar-refractivity contribution >= 4 is 5.82 Å². The first-order valence-electron chi connectivity index (χ1n) is 8.15. The normalized spacial score (nSPS) is 16.4. The van der Waals surface area contributed by atoms with Crippen molar-refractivity contribution in [3.05, 3.63) is 17.8 Å². The Balaban J connectivity index is 1.72. The Morgan fingerprint density at radius 1 is 1.29 bits per heavy atom. The molecule has 0 aromatic carbocycles. The molecule has 0 radical (unpaired) electrons. The fourth-order valence-electron chi connectivity index (χ4n) is 3.02. The molecule has 0 aliphatic heterocycles. The Morgan fingerprint density at radius 3 is 2.76 bits per heavy atom. The summed E-state index contributed by atoms with van der Waals surface area (Å²) in [5.74, 6) is 0.0304. The fourth-order valence-corrected chi connectivity index (χ4v) is 3.02. The zero-order chi connectivity index (χ0) is 15.1. The minimum Gasteiger partial charge on any atom is -0.367 e. The van der Waals surface area contributed by atoms with Gasteiger partial charge in [-0.05, 0) is 39.3 Å². The van der Waals surface area contributed by atoms with Crippen LogP contribution in [0.1, 0.15) is 51.1 Å². The van der Waals surface area contributed by atoms with E-state index in [9.17, 15) is 4.39 Å². The summed E-state index contributed by atoms with van der Waals surface area (Å²) in [6.07, 6.45) is 9.77. The molecule has 21 heavy (non-hydrogen) atoms. The molecule has 118 valence electrons. The van der Waals surface area contributed by atoms with Gasteiger partial charge in [-0.3, -0.25) is 0 Å². The largest absolute Gasteiger partial charge is 0.367 e.